The number of hydrogen-bond acceptors (Lipinski definition) is 4. The van der Waals surface area contributed by atoms with Crippen molar-refractivity contribution >= 4 is 21.6 Å². The lowest BCUT2D eigenvalue weighted by molar-refractivity contribution is 0.181. The Morgan fingerprint density at radius 3 is 2.33 bits per heavy atom. The SMILES string of the molecule is C=C(O)Cc1cccc(S(=O)(=O)N2CCN(Cc3ccc(Cl)cc3)CC2)c1. The van der Waals surface area contributed by atoms with E-state index in [1.165, 1.54) is 4.31 Å². The summed E-state index contributed by atoms with van der Waals surface area (Å²) in [5, 5.41) is 10.1. The molecule has 2 aromatic rings. The molecule has 1 heterocycles. The van der Waals surface area contributed by atoms with Crippen LogP contribution in [-0.2, 0) is 23.0 Å². The van der Waals surface area contributed by atoms with Crippen LogP contribution in [0.1, 0.15) is 11.1 Å². The fourth-order valence-corrected chi connectivity index (χ4v) is 4.80. The Hall–Kier alpha value is -1.86. The largest absolute Gasteiger partial charge is 0.513 e. The van der Waals surface area contributed by atoms with E-state index in [0.29, 0.717) is 31.2 Å². The van der Waals surface area contributed by atoms with E-state index < -0.39 is 10.0 Å². The first-order valence-electron chi connectivity index (χ1n) is 8.77. The summed E-state index contributed by atoms with van der Waals surface area (Å²) in [6, 6.07) is 14.4. The van der Waals surface area contributed by atoms with E-state index in [9.17, 15) is 13.5 Å². The van der Waals surface area contributed by atoms with Crippen LogP contribution in [0.25, 0.3) is 0 Å². The molecule has 1 N–H and O–H groups in total. The quantitative estimate of drug-likeness (QED) is 0.746. The zero-order valence-electron chi connectivity index (χ0n) is 15.0. The molecule has 1 aliphatic rings. The van der Waals surface area contributed by atoms with Gasteiger partial charge >= 0.3 is 0 Å². The van der Waals surface area contributed by atoms with Crippen LogP contribution < -0.4 is 0 Å². The standard InChI is InChI=1S/C20H23ClN2O3S/c1-16(24)13-18-3-2-4-20(14-18)27(25,26)23-11-9-22(10-12-23)15-17-5-7-19(21)8-6-17/h2-8,14,24H,1,9-13,15H2. The van der Waals surface area contributed by atoms with Gasteiger partial charge in [-0.2, -0.15) is 4.31 Å². The molecular weight excluding hydrogens is 384 g/mol. The van der Waals surface area contributed by atoms with Gasteiger partial charge < -0.3 is 5.11 Å². The maximum atomic E-state index is 12.9. The lowest BCUT2D eigenvalue weighted by Gasteiger charge is -2.34. The molecule has 0 bridgehead atoms. The number of aliphatic hydroxyl groups excluding tert-OH is 1. The minimum Gasteiger partial charge on any atom is -0.513 e. The number of aliphatic hydroxyl groups is 1. The van der Waals surface area contributed by atoms with Crippen LogP contribution in [-0.4, -0.2) is 48.9 Å². The van der Waals surface area contributed by atoms with Gasteiger partial charge in [0.1, 0.15) is 0 Å². The van der Waals surface area contributed by atoms with Crippen molar-refractivity contribution in [3.63, 3.8) is 0 Å². The highest BCUT2D eigenvalue weighted by Gasteiger charge is 2.28. The number of allylic oxidation sites excluding steroid dienone is 1. The average Bonchev–Trinajstić information content (AvgIpc) is 2.64. The van der Waals surface area contributed by atoms with Gasteiger partial charge in [0.05, 0.1) is 10.7 Å². The summed E-state index contributed by atoms with van der Waals surface area (Å²) in [5.41, 5.74) is 1.89. The monoisotopic (exact) mass is 406 g/mol. The first kappa shape index (κ1) is 19.9. The Labute approximate surface area is 165 Å². The van der Waals surface area contributed by atoms with Crippen LogP contribution in [0.2, 0.25) is 5.02 Å². The second kappa shape index (κ2) is 8.44. The molecule has 0 aliphatic carbocycles. The van der Waals surface area contributed by atoms with Crippen LogP contribution in [0.3, 0.4) is 0 Å². The second-order valence-electron chi connectivity index (χ2n) is 6.70. The summed E-state index contributed by atoms with van der Waals surface area (Å²) in [5.74, 6) is 0.0142. The third kappa shape index (κ3) is 5.11. The Balaban J connectivity index is 1.64. The number of piperazine rings is 1. The van der Waals surface area contributed by atoms with Gasteiger partial charge in [-0.25, -0.2) is 8.42 Å². The summed E-state index contributed by atoms with van der Waals surface area (Å²) in [7, 11) is -3.54. The smallest absolute Gasteiger partial charge is 0.243 e. The molecule has 27 heavy (non-hydrogen) atoms. The van der Waals surface area contributed by atoms with Crippen LogP contribution in [0, 0.1) is 0 Å². The van der Waals surface area contributed by atoms with Crippen LogP contribution in [0.15, 0.2) is 65.8 Å². The number of halogens is 1. The molecule has 0 aromatic heterocycles. The summed E-state index contributed by atoms with van der Waals surface area (Å²) >= 11 is 5.92. The fourth-order valence-electron chi connectivity index (χ4n) is 3.18. The van der Waals surface area contributed by atoms with E-state index in [-0.39, 0.29) is 17.1 Å². The molecule has 1 saturated heterocycles. The van der Waals surface area contributed by atoms with Gasteiger partial charge in [-0.05, 0) is 35.4 Å². The molecule has 1 fully saturated rings. The van der Waals surface area contributed by atoms with Crippen molar-refractivity contribution in [1.29, 1.82) is 0 Å². The molecule has 1 aliphatic heterocycles. The molecule has 2 aromatic carbocycles. The van der Waals surface area contributed by atoms with E-state index in [0.717, 1.165) is 17.7 Å². The van der Waals surface area contributed by atoms with Crippen molar-refractivity contribution in [3.8, 4) is 0 Å². The molecule has 144 valence electrons. The number of nitrogens with zero attached hydrogens (tertiary/aromatic N) is 2. The molecule has 0 spiro atoms. The van der Waals surface area contributed by atoms with Crippen molar-refractivity contribution in [3.05, 3.63) is 77.0 Å². The number of benzene rings is 2. The van der Waals surface area contributed by atoms with Gasteiger partial charge in [0.2, 0.25) is 10.0 Å². The summed E-state index contributed by atoms with van der Waals surface area (Å²) < 4.78 is 27.4. The lowest BCUT2D eigenvalue weighted by atomic mass is 10.1. The average molecular weight is 407 g/mol. The highest BCUT2D eigenvalue weighted by Crippen LogP contribution is 2.20. The molecular formula is C20H23ClN2O3S. The maximum Gasteiger partial charge on any atom is 0.243 e. The van der Waals surface area contributed by atoms with E-state index in [1.807, 2.05) is 24.3 Å². The van der Waals surface area contributed by atoms with E-state index in [4.69, 9.17) is 11.6 Å². The third-order valence-corrected chi connectivity index (χ3v) is 6.74. The number of rotatable bonds is 6. The number of hydrogen-bond donors (Lipinski definition) is 1. The Morgan fingerprint density at radius 1 is 1.04 bits per heavy atom. The Morgan fingerprint density at radius 2 is 1.70 bits per heavy atom. The summed E-state index contributed by atoms with van der Waals surface area (Å²) in [6.45, 7) is 6.49. The van der Waals surface area contributed by atoms with E-state index in [2.05, 4.69) is 11.5 Å². The third-order valence-electron chi connectivity index (χ3n) is 4.60. The van der Waals surface area contributed by atoms with Crippen molar-refractivity contribution < 1.29 is 13.5 Å². The maximum absolute atomic E-state index is 12.9. The molecule has 0 atom stereocenters. The molecule has 0 amide bonds. The molecule has 3 rings (SSSR count). The van der Waals surface area contributed by atoms with Gasteiger partial charge in [-0.15, -0.1) is 0 Å². The number of sulfonamides is 1. The topological polar surface area (TPSA) is 60.9 Å². The predicted molar refractivity (Wildman–Crippen MR) is 107 cm³/mol. The van der Waals surface area contributed by atoms with Crippen molar-refractivity contribution in [2.75, 3.05) is 26.2 Å². The second-order valence-corrected chi connectivity index (χ2v) is 9.07. The predicted octanol–water partition coefficient (Wildman–Crippen LogP) is 3.46. The first-order valence-corrected chi connectivity index (χ1v) is 10.6. The highest BCUT2D eigenvalue weighted by atomic mass is 35.5. The zero-order chi connectivity index (χ0) is 19.4. The molecule has 5 nitrogen and oxygen atoms in total. The highest BCUT2D eigenvalue weighted by molar-refractivity contribution is 7.89. The minimum absolute atomic E-state index is 0.0142. The summed E-state index contributed by atoms with van der Waals surface area (Å²) in [4.78, 5) is 2.49. The Kier molecular flexibility index (Phi) is 6.22. The first-order chi connectivity index (χ1) is 12.8. The fraction of sp³-hybridized carbons (Fsp3) is 0.300. The van der Waals surface area contributed by atoms with Crippen LogP contribution in [0.5, 0.6) is 0 Å². The van der Waals surface area contributed by atoms with Crippen molar-refractivity contribution in [1.82, 2.24) is 9.21 Å². The van der Waals surface area contributed by atoms with Gasteiger partial charge in [0, 0.05) is 44.2 Å². The lowest BCUT2D eigenvalue weighted by Crippen LogP contribution is -2.48. The molecule has 0 unspecified atom stereocenters. The van der Waals surface area contributed by atoms with E-state index in [1.54, 1.807) is 24.3 Å². The molecule has 7 heteroatoms. The van der Waals surface area contributed by atoms with Crippen LogP contribution in [0.4, 0.5) is 0 Å². The molecule has 0 radical (unpaired) electrons. The van der Waals surface area contributed by atoms with Gasteiger partial charge in [0.25, 0.3) is 0 Å². The van der Waals surface area contributed by atoms with Crippen LogP contribution >= 0.6 is 11.6 Å². The van der Waals surface area contributed by atoms with E-state index >= 15 is 0 Å². The Bertz CT molecular complexity index is 905. The normalized spacial score (nSPS) is 16.3. The van der Waals surface area contributed by atoms with Crippen molar-refractivity contribution in [2.24, 2.45) is 0 Å². The van der Waals surface area contributed by atoms with Gasteiger partial charge in [0.15, 0.2) is 0 Å². The van der Waals surface area contributed by atoms with Gasteiger partial charge in [-0.1, -0.05) is 42.4 Å². The van der Waals surface area contributed by atoms with Crippen molar-refractivity contribution in [2.45, 2.75) is 17.9 Å². The summed E-state index contributed by atoms with van der Waals surface area (Å²) in [6.07, 6.45) is 0.248. The van der Waals surface area contributed by atoms with Gasteiger partial charge in [-0.3, -0.25) is 4.90 Å². The zero-order valence-corrected chi connectivity index (χ0v) is 16.6. The minimum atomic E-state index is -3.54. The molecule has 0 saturated carbocycles.